The predicted octanol–water partition coefficient (Wildman–Crippen LogP) is 2.98. The van der Waals surface area contributed by atoms with Crippen molar-refractivity contribution in [2.24, 2.45) is 0 Å². The van der Waals surface area contributed by atoms with Crippen LogP contribution < -0.4 is 10.1 Å². The number of ether oxygens (including phenoxy) is 2. The molecule has 1 N–H and O–H groups in total. The highest BCUT2D eigenvalue weighted by Crippen LogP contribution is 2.27. The van der Waals surface area contributed by atoms with E-state index >= 15 is 0 Å². The van der Waals surface area contributed by atoms with Gasteiger partial charge in [0.25, 0.3) is 11.6 Å². The zero-order valence-electron chi connectivity index (χ0n) is 13.4. The Morgan fingerprint density at radius 3 is 2.85 bits per heavy atom. The van der Waals surface area contributed by atoms with Crippen LogP contribution in [0.15, 0.2) is 36.4 Å². The van der Waals surface area contributed by atoms with Gasteiger partial charge in [-0.3, -0.25) is 14.9 Å². The molecule has 1 amide bonds. The van der Waals surface area contributed by atoms with E-state index < -0.39 is 23.4 Å². The van der Waals surface area contributed by atoms with Crippen LogP contribution >= 0.6 is 11.6 Å². The molecule has 1 aliphatic rings. The Labute approximate surface area is 152 Å². The number of rotatable bonds is 5. The summed E-state index contributed by atoms with van der Waals surface area (Å²) >= 11 is 5.71. The van der Waals surface area contributed by atoms with Gasteiger partial charge >= 0.3 is 5.97 Å². The number of benzene rings is 2. The molecule has 3 rings (SSSR count). The Balaban J connectivity index is 1.58. The topological polar surface area (TPSA) is 108 Å². The third kappa shape index (κ3) is 3.92. The summed E-state index contributed by atoms with van der Waals surface area (Å²) in [5, 5.41) is 13.2. The molecule has 1 aliphatic heterocycles. The first-order chi connectivity index (χ1) is 12.4. The van der Waals surface area contributed by atoms with Crippen molar-refractivity contribution in [3.05, 3.63) is 62.7 Å². The van der Waals surface area contributed by atoms with E-state index in [-0.39, 0.29) is 16.4 Å². The summed E-state index contributed by atoms with van der Waals surface area (Å²) in [5.41, 5.74) is 1.08. The third-order valence-electron chi connectivity index (χ3n) is 3.69. The number of anilines is 1. The zero-order chi connectivity index (χ0) is 18.7. The van der Waals surface area contributed by atoms with Gasteiger partial charge < -0.3 is 14.8 Å². The quantitative estimate of drug-likeness (QED) is 0.488. The molecule has 0 aliphatic carbocycles. The summed E-state index contributed by atoms with van der Waals surface area (Å²) in [6.45, 7) is 0.0479. The number of nitrogens with zero attached hydrogens (tertiary/aromatic N) is 1. The van der Waals surface area contributed by atoms with Crippen LogP contribution in [-0.4, -0.2) is 30.0 Å². The van der Waals surface area contributed by atoms with Gasteiger partial charge in [-0.05, 0) is 35.9 Å². The van der Waals surface area contributed by atoms with Crippen LogP contribution in [-0.2, 0) is 16.0 Å². The molecule has 134 valence electrons. The number of hydrogen-bond donors (Lipinski definition) is 1. The van der Waals surface area contributed by atoms with Gasteiger partial charge in [0, 0.05) is 18.2 Å². The second-order valence-corrected chi connectivity index (χ2v) is 5.88. The fourth-order valence-electron chi connectivity index (χ4n) is 2.46. The van der Waals surface area contributed by atoms with E-state index in [9.17, 15) is 19.7 Å². The summed E-state index contributed by atoms with van der Waals surface area (Å²) in [4.78, 5) is 34.1. The average molecular weight is 377 g/mol. The lowest BCUT2D eigenvalue weighted by Crippen LogP contribution is -2.21. The van der Waals surface area contributed by atoms with Crippen molar-refractivity contribution in [2.45, 2.75) is 6.42 Å². The van der Waals surface area contributed by atoms with Gasteiger partial charge in [-0.15, -0.1) is 0 Å². The molecule has 0 bridgehead atoms. The van der Waals surface area contributed by atoms with Crippen LogP contribution in [0.5, 0.6) is 5.75 Å². The minimum absolute atomic E-state index is 0.0417. The van der Waals surface area contributed by atoms with Crippen molar-refractivity contribution in [1.29, 1.82) is 0 Å². The van der Waals surface area contributed by atoms with Gasteiger partial charge in [0.2, 0.25) is 0 Å². The SMILES string of the molecule is O=C(COC(=O)c1ccc2c(c1)CCO2)Nc1ccc(Cl)c([N+](=O)[O-])c1. The Morgan fingerprint density at radius 2 is 2.08 bits per heavy atom. The van der Waals surface area contributed by atoms with Crippen molar-refractivity contribution in [2.75, 3.05) is 18.5 Å². The van der Waals surface area contributed by atoms with E-state index in [0.29, 0.717) is 18.6 Å². The molecule has 1 heterocycles. The molecular formula is C17H13ClN2O6. The zero-order valence-corrected chi connectivity index (χ0v) is 14.1. The standard InChI is InChI=1S/C17H13ClN2O6/c18-13-3-2-12(8-14(13)20(23)24)19-16(21)9-26-17(22)11-1-4-15-10(7-11)5-6-25-15/h1-4,7-8H,5-6,9H2,(H,19,21). The number of amides is 1. The number of carbonyl (C=O) groups excluding carboxylic acids is 2. The van der Waals surface area contributed by atoms with Crippen molar-refractivity contribution in [3.8, 4) is 5.75 Å². The number of nitro groups is 1. The largest absolute Gasteiger partial charge is 0.493 e. The van der Waals surface area contributed by atoms with Gasteiger partial charge in [-0.2, -0.15) is 0 Å². The molecule has 0 aromatic heterocycles. The van der Waals surface area contributed by atoms with E-state index in [2.05, 4.69) is 5.32 Å². The van der Waals surface area contributed by atoms with Gasteiger partial charge in [-0.1, -0.05) is 11.6 Å². The Kier molecular flexibility index (Phi) is 5.04. The average Bonchev–Trinajstić information content (AvgIpc) is 3.08. The second-order valence-electron chi connectivity index (χ2n) is 5.47. The molecule has 0 unspecified atom stereocenters. The third-order valence-corrected chi connectivity index (χ3v) is 4.01. The highest BCUT2D eigenvalue weighted by molar-refractivity contribution is 6.32. The molecule has 8 nitrogen and oxygen atoms in total. The molecule has 0 radical (unpaired) electrons. The monoisotopic (exact) mass is 376 g/mol. The summed E-state index contributed by atoms with van der Waals surface area (Å²) in [6.07, 6.45) is 0.715. The molecule has 0 saturated heterocycles. The lowest BCUT2D eigenvalue weighted by molar-refractivity contribution is -0.384. The first-order valence-electron chi connectivity index (χ1n) is 7.60. The fraction of sp³-hybridized carbons (Fsp3) is 0.176. The van der Waals surface area contributed by atoms with E-state index in [0.717, 1.165) is 17.4 Å². The van der Waals surface area contributed by atoms with E-state index in [4.69, 9.17) is 21.1 Å². The summed E-state index contributed by atoms with van der Waals surface area (Å²) in [5.74, 6) is -0.528. The Morgan fingerprint density at radius 1 is 1.27 bits per heavy atom. The van der Waals surface area contributed by atoms with Gasteiger partial charge in [-0.25, -0.2) is 4.79 Å². The van der Waals surface area contributed by atoms with Gasteiger partial charge in [0.15, 0.2) is 6.61 Å². The summed E-state index contributed by atoms with van der Waals surface area (Å²) < 4.78 is 10.3. The number of fused-ring (bicyclic) bond motifs is 1. The minimum atomic E-state index is -0.657. The number of nitro benzene ring substituents is 1. The maximum atomic E-state index is 12.0. The Hall–Kier alpha value is -3.13. The molecule has 2 aromatic rings. The van der Waals surface area contributed by atoms with Crippen molar-refractivity contribution < 1.29 is 24.0 Å². The lowest BCUT2D eigenvalue weighted by atomic mass is 10.1. The molecule has 0 saturated carbocycles. The summed E-state index contributed by atoms with van der Waals surface area (Å²) in [7, 11) is 0. The first kappa shape index (κ1) is 17.7. The number of hydrogen-bond acceptors (Lipinski definition) is 6. The van der Waals surface area contributed by atoms with Gasteiger partial charge in [0.1, 0.15) is 10.8 Å². The van der Waals surface area contributed by atoms with E-state index in [1.165, 1.54) is 12.1 Å². The van der Waals surface area contributed by atoms with Crippen LogP contribution in [0.2, 0.25) is 5.02 Å². The van der Waals surface area contributed by atoms with Crippen molar-refractivity contribution in [1.82, 2.24) is 0 Å². The maximum Gasteiger partial charge on any atom is 0.338 e. The summed E-state index contributed by atoms with van der Waals surface area (Å²) in [6, 6.07) is 8.76. The normalized spacial score (nSPS) is 12.0. The molecule has 0 spiro atoms. The number of halogens is 1. The molecule has 26 heavy (non-hydrogen) atoms. The smallest absolute Gasteiger partial charge is 0.338 e. The molecular weight excluding hydrogens is 364 g/mol. The highest BCUT2D eigenvalue weighted by atomic mass is 35.5. The molecule has 0 fully saturated rings. The highest BCUT2D eigenvalue weighted by Gasteiger charge is 2.17. The van der Waals surface area contributed by atoms with Crippen LogP contribution in [0.4, 0.5) is 11.4 Å². The van der Waals surface area contributed by atoms with Crippen molar-refractivity contribution in [3.63, 3.8) is 0 Å². The van der Waals surface area contributed by atoms with Crippen LogP contribution in [0.25, 0.3) is 0 Å². The van der Waals surface area contributed by atoms with Crippen LogP contribution in [0.1, 0.15) is 15.9 Å². The van der Waals surface area contributed by atoms with Crippen LogP contribution in [0.3, 0.4) is 0 Å². The van der Waals surface area contributed by atoms with Crippen LogP contribution in [0, 0.1) is 10.1 Å². The van der Waals surface area contributed by atoms with Crippen molar-refractivity contribution >= 4 is 34.9 Å². The van der Waals surface area contributed by atoms with Gasteiger partial charge in [0.05, 0.1) is 17.1 Å². The number of carbonyl (C=O) groups is 2. The number of nitrogens with one attached hydrogen (secondary N) is 1. The lowest BCUT2D eigenvalue weighted by Gasteiger charge is -2.08. The van der Waals surface area contributed by atoms with E-state index in [1.54, 1.807) is 18.2 Å². The minimum Gasteiger partial charge on any atom is -0.493 e. The predicted molar refractivity (Wildman–Crippen MR) is 92.7 cm³/mol. The first-order valence-corrected chi connectivity index (χ1v) is 7.98. The maximum absolute atomic E-state index is 12.0. The Bertz CT molecular complexity index is 899. The van der Waals surface area contributed by atoms with E-state index in [1.807, 2.05) is 0 Å². The fourth-order valence-corrected chi connectivity index (χ4v) is 2.64. The molecule has 0 atom stereocenters. The molecule has 9 heteroatoms. The number of esters is 1. The molecule has 2 aromatic carbocycles. The second kappa shape index (κ2) is 7.40.